The van der Waals surface area contributed by atoms with Crippen LogP contribution in [-0.4, -0.2) is 31.1 Å². The zero-order valence-corrected chi connectivity index (χ0v) is 11.0. The zero-order valence-electron chi connectivity index (χ0n) is 11.0. The Bertz CT molecular complexity index is 440. The van der Waals surface area contributed by atoms with E-state index >= 15 is 0 Å². The second-order valence-electron chi connectivity index (χ2n) is 5.62. The average Bonchev–Trinajstić information content (AvgIpc) is 3.25. The standard InChI is InChI=1S/C15H20F2N2/c16-13-3-1-2-12(15(13)17)14(10-11-4-5-11)19-8-6-18-7-9-19/h1-3,11,14,18H,4-10H2/t14-/m1/s1. The molecule has 4 heteroatoms. The van der Waals surface area contributed by atoms with Gasteiger partial charge in [-0.1, -0.05) is 25.0 Å². The van der Waals surface area contributed by atoms with Crippen LogP contribution in [0.25, 0.3) is 0 Å². The van der Waals surface area contributed by atoms with Crippen molar-refractivity contribution in [3.05, 3.63) is 35.4 Å². The molecular formula is C15H20F2N2. The van der Waals surface area contributed by atoms with E-state index in [4.69, 9.17) is 0 Å². The van der Waals surface area contributed by atoms with Gasteiger partial charge in [-0.3, -0.25) is 4.90 Å². The van der Waals surface area contributed by atoms with Crippen LogP contribution in [0.3, 0.4) is 0 Å². The lowest BCUT2D eigenvalue weighted by Crippen LogP contribution is -2.45. The largest absolute Gasteiger partial charge is 0.314 e. The molecular weight excluding hydrogens is 246 g/mol. The van der Waals surface area contributed by atoms with Crippen molar-refractivity contribution in [3.63, 3.8) is 0 Å². The Labute approximate surface area is 112 Å². The summed E-state index contributed by atoms with van der Waals surface area (Å²) in [6.45, 7) is 3.68. The Hall–Kier alpha value is -1.00. The van der Waals surface area contributed by atoms with Crippen molar-refractivity contribution in [1.29, 1.82) is 0 Å². The van der Waals surface area contributed by atoms with E-state index in [1.165, 1.54) is 18.9 Å². The number of rotatable bonds is 4. The molecule has 1 atom stereocenters. The van der Waals surface area contributed by atoms with Gasteiger partial charge in [-0.15, -0.1) is 0 Å². The molecule has 1 aliphatic heterocycles. The highest BCUT2D eigenvalue weighted by atomic mass is 19.2. The van der Waals surface area contributed by atoms with Gasteiger partial charge in [0, 0.05) is 37.8 Å². The minimum Gasteiger partial charge on any atom is -0.314 e. The Morgan fingerprint density at radius 2 is 1.95 bits per heavy atom. The lowest BCUT2D eigenvalue weighted by Gasteiger charge is -2.35. The molecule has 1 aromatic carbocycles. The maximum Gasteiger partial charge on any atom is 0.163 e. The first-order valence-electron chi connectivity index (χ1n) is 7.14. The van der Waals surface area contributed by atoms with Crippen LogP contribution >= 0.6 is 0 Å². The third-order valence-corrected chi connectivity index (χ3v) is 4.19. The molecule has 2 nitrogen and oxygen atoms in total. The molecule has 3 rings (SSSR count). The number of hydrogen-bond donors (Lipinski definition) is 1. The molecule has 1 N–H and O–H groups in total. The molecule has 2 fully saturated rings. The van der Waals surface area contributed by atoms with Crippen LogP contribution in [0.4, 0.5) is 8.78 Å². The van der Waals surface area contributed by atoms with Gasteiger partial charge in [-0.25, -0.2) is 8.78 Å². The van der Waals surface area contributed by atoms with Crippen LogP contribution in [0.15, 0.2) is 18.2 Å². The van der Waals surface area contributed by atoms with Gasteiger partial charge in [0.2, 0.25) is 0 Å². The summed E-state index contributed by atoms with van der Waals surface area (Å²) in [5.74, 6) is -0.692. The second kappa shape index (κ2) is 5.55. The maximum absolute atomic E-state index is 14.1. The first-order chi connectivity index (χ1) is 9.25. The summed E-state index contributed by atoms with van der Waals surface area (Å²) in [7, 11) is 0. The van der Waals surface area contributed by atoms with Gasteiger partial charge in [0.05, 0.1) is 0 Å². The molecule has 0 unspecified atom stereocenters. The number of halogens is 2. The summed E-state index contributed by atoms with van der Waals surface area (Å²) in [6.07, 6.45) is 3.43. The monoisotopic (exact) mass is 266 g/mol. The van der Waals surface area contributed by atoms with Crippen LogP contribution < -0.4 is 5.32 Å². The molecule has 1 saturated heterocycles. The first-order valence-corrected chi connectivity index (χ1v) is 7.14. The van der Waals surface area contributed by atoms with Gasteiger partial charge in [0.15, 0.2) is 11.6 Å². The van der Waals surface area contributed by atoms with Crippen molar-refractivity contribution >= 4 is 0 Å². The minimum atomic E-state index is -0.728. The van der Waals surface area contributed by atoms with Crippen molar-refractivity contribution < 1.29 is 8.78 Å². The van der Waals surface area contributed by atoms with E-state index in [0.29, 0.717) is 11.5 Å². The van der Waals surface area contributed by atoms with Crippen LogP contribution in [-0.2, 0) is 0 Å². The molecule has 2 aliphatic rings. The highest BCUT2D eigenvalue weighted by molar-refractivity contribution is 5.23. The normalized spacial score (nSPS) is 22.4. The van der Waals surface area contributed by atoms with Gasteiger partial charge >= 0.3 is 0 Å². The predicted octanol–water partition coefficient (Wildman–Crippen LogP) is 2.71. The molecule has 0 bridgehead atoms. The van der Waals surface area contributed by atoms with Crippen molar-refractivity contribution in [3.8, 4) is 0 Å². The van der Waals surface area contributed by atoms with E-state index in [-0.39, 0.29) is 6.04 Å². The Morgan fingerprint density at radius 3 is 2.63 bits per heavy atom. The molecule has 1 saturated carbocycles. The van der Waals surface area contributed by atoms with Gasteiger partial charge in [0.25, 0.3) is 0 Å². The highest BCUT2D eigenvalue weighted by Gasteiger charge is 2.32. The minimum absolute atomic E-state index is 0.0327. The van der Waals surface area contributed by atoms with Crippen molar-refractivity contribution in [2.45, 2.75) is 25.3 Å². The van der Waals surface area contributed by atoms with Crippen LogP contribution in [0.2, 0.25) is 0 Å². The van der Waals surface area contributed by atoms with Crippen LogP contribution in [0.1, 0.15) is 30.9 Å². The quantitative estimate of drug-likeness (QED) is 0.901. The zero-order chi connectivity index (χ0) is 13.2. The first kappa shape index (κ1) is 13.0. The third-order valence-electron chi connectivity index (χ3n) is 4.19. The maximum atomic E-state index is 14.1. The van der Waals surface area contributed by atoms with E-state index in [2.05, 4.69) is 10.2 Å². The van der Waals surface area contributed by atoms with Crippen molar-refractivity contribution in [2.24, 2.45) is 5.92 Å². The second-order valence-corrected chi connectivity index (χ2v) is 5.62. The fourth-order valence-electron chi connectivity index (χ4n) is 2.91. The highest BCUT2D eigenvalue weighted by Crippen LogP contribution is 2.40. The molecule has 0 spiro atoms. The molecule has 19 heavy (non-hydrogen) atoms. The Kier molecular flexibility index (Phi) is 3.80. The molecule has 0 aromatic heterocycles. The topological polar surface area (TPSA) is 15.3 Å². The molecule has 0 radical (unpaired) electrons. The summed E-state index contributed by atoms with van der Waals surface area (Å²) < 4.78 is 27.5. The lowest BCUT2D eigenvalue weighted by molar-refractivity contribution is 0.156. The summed E-state index contributed by atoms with van der Waals surface area (Å²) >= 11 is 0. The Balaban J connectivity index is 1.86. The van der Waals surface area contributed by atoms with Crippen LogP contribution in [0, 0.1) is 17.6 Å². The lowest BCUT2D eigenvalue weighted by atomic mass is 9.98. The van der Waals surface area contributed by atoms with Crippen molar-refractivity contribution in [2.75, 3.05) is 26.2 Å². The number of hydrogen-bond acceptors (Lipinski definition) is 2. The number of benzene rings is 1. The fourth-order valence-corrected chi connectivity index (χ4v) is 2.91. The van der Waals surface area contributed by atoms with Crippen molar-refractivity contribution in [1.82, 2.24) is 10.2 Å². The third kappa shape index (κ3) is 2.95. The van der Waals surface area contributed by atoms with E-state index in [0.717, 1.165) is 32.6 Å². The number of piperazine rings is 1. The average molecular weight is 266 g/mol. The SMILES string of the molecule is Fc1cccc([C@@H](CC2CC2)N2CCNCC2)c1F. The smallest absolute Gasteiger partial charge is 0.163 e. The number of nitrogens with one attached hydrogen (secondary N) is 1. The van der Waals surface area contributed by atoms with Gasteiger partial charge in [0.1, 0.15) is 0 Å². The van der Waals surface area contributed by atoms with Gasteiger partial charge in [-0.2, -0.15) is 0 Å². The Morgan fingerprint density at radius 1 is 1.21 bits per heavy atom. The number of nitrogens with zero attached hydrogens (tertiary/aromatic N) is 1. The summed E-state index contributed by atoms with van der Waals surface area (Å²) in [4.78, 5) is 2.30. The molecule has 0 amide bonds. The summed E-state index contributed by atoms with van der Waals surface area (Å²) in [6, 6.07) is 4.60. The molecule has 104 valence electrons. The van der Waals surface area contributed by atoms with Crippen LogP contribution in [0.5, 0.6) is 0 Å². The van der Waals surface area contributed by atoms with Gasteiger partial charge < -0.3 is 5.32 Å². The van der Waals surface area contributed by atoms with E-state index < -0.39 is 11.6 Å². The molecule has 1 aromatic rings. The molecule has 1 heterocycles. The summed E-state index contributed by atoms with van der Waals surface area (Å²) in [5, 5.41) is 3.31. The van der Waals surface area contributed by atoms with Gasteiger partial charge in [-0.05, 0) is 18.4 Å². The van der Waals surface area contributed by atoms with E-state index in [1.807, 2.05) is 0 Å². The van der Waals surface area contributed by atoms with E-state index in [1.54, 1.807) is 12.1 Å². The predicted molar refractivity (Wildman–Crippen MR) is 70.9 cm³/mol. The molecule has 1 aliphatic carbocycles. The van der Waals surface area contributed by atoms with E-state index in [9.17, 15) is 8.78 Å². The fraction of sp³-hybridized carbons (Fsp3) is 0.600. The summed E-state index contributed by atoms with van der Waals surface area (Å²) in [5.41, 5.74) is 0.536.